The van der Waals surface area contributed by atoms with Crippen LogP contribution in [0.5, 0.6) is 0 Å². The molecule has 58 heavy (non-hydrogen) atoms. The van der Waals surface area contributed by atoms with E-state index in [1.807, 2.05) is 38.1 Å². The van der Waals surface area contributed by atoms with Crippen LogP contribution in [-0.2, 0) is 10.8 Å². The predicted molar refractivity (Wildman–Crippen MR) is 225 cm³/mol. The maximum atomic E-state index is 10.4. The zero-order valence-electron chi connectivity index (χ0n) is 34.1. The summed E-state index contributed by atoms with van der Waals surface area (Å²) in [5, 5.41) is 41.1. The van der Waals surface area contributed by atoms with Gasteiger partial charge in [-0.2, -0.15) is 21.0 Å². The number of hydrogen-bond acceptors (Lipinski definition) is 8. The Kier molecular flexibility index (Phi) is 10.3. The van der Waals surface area contributed by atoms with E-state index in [0.717, 1.165) is 44.5 Å². The SMILES string of the molecule is Cc1ccc(C2C(c3nc(C#N)c(C#N)nc3-c3ccc(C(C)(C)C)cc3)C(c3ccc(C)cc3)C2c2nc(C#N)c(C#N)nc2-c2ccc(C(C)(C)C)cc2)cc1. The number of benzene rings is 4. The van der Waals surface area contributed by atoms with Crippen molar-refractivity contribution in [2.24, 2.45) is 0 Å². The Bertz CT molecular complexity index is 2490. The molecular weight excluding hydrogens is 713 g/mol. The minimum absolute atomic E-state index is 0.0339. The summed E-state index contributed by atoms with van der Waals surface area (Å²) < 4.78 is 0. The Morgan fingerprint density at radius 2 is 0.690 bits per heavy atom. The molecule has 0 unspecified atom stereocenters. The number of aryl methyl sites for hydroxylation is 2. The van der Waals surface area contributed by atoms with Crippen molar-refractivity contribution in [1.29, 1.82) is 21.0 Å². The van der Waals surface area contributed by atoms with Crippen molar-refractivity contribution in [2.75, 3.05) is 0 Å². The largest absolute Gasteiger partial charge is 0.237 e. The quantitative estimate of drug-likeness (QED) is 0.163. The Labute approximate surface area is 341 Å². The average molecular weight is 757 g/mol. The molecule has 2 aromatic heterocycles. The lowest BCUT2D eigenvalue weighted by atomic mass is 9.50. The highest BCUT2D eigenvalue weighted by Gasteiger charge is 2.56. The Balaban J connectivity index is 1.55. The maximum Gasteiger partial charge on any atom is 0.177 e. The van der Waals surface area contributed by atoms with Crippen molar-refractivity contribution in [3.05, 3.63) is 165 Å². The van der Waals surface area contributed by atoms with Crippen molar-refractivity contribution < 1.29 is 0 Å². The van der Waals surface area contributed by atoms with Crippen LogP contribution in [-0.4, -0.2) is 19.9 Å². The van der Waals surface area contributed by atoms with Crippen LogP contribution in [0, 0.1) is 59.2 Å². The molecule has 0 spiro atoms. The highest BCUT2D eigenvalue weighted by atomic mass is 14.9. The van der Waals surface area contributed by atoms with E-state index in [1.165, 1.54) is 0 Å². The van der Waals surface area contributed by atoms with E-state index in [0.29, 0.717) is 22.8 Å². The van der Waals surface area contributed by atoms with Crippen LogP contribution >= 0.6 is 0 Å². The van der Waals surface area contributed by atoms with Crippen LogP contribution in [0.15, 0.2) is 97.1 Å². The second kappa shape index (κ2) is 15.2. The van der Waals surface area contributed by atoms with Gasteiger partial charge in [-0.15, -0.1) is 0 Å². The normalized spacial score (nSPS) is 17.6. The molecule has 8 heteroatoms. The van der Waals surface area contributed by atoms with E-state index < -0.39 is 0 Å². The molecule has 284 valence electrons. The van der Waals surface area contributed by atoms with Crippen LogP contribution in [0.4, 0.5) is 0 Å². The molecule has 0 radical (unpaired) electrons. The summed E-state index contributed by atoms with van der Waals surface area (Å²) in [5.74, 6) is -1.32. The minimum atomic E-state index is -0.362. The fourth-order valence-corrected chi connectivity index (χ4v) is 8.19. The molecule has 1 aliphatic carbocycles. The zero-order chi connectivity index (χ0) is 41.5. The van der Waals surface area contributed by atoms with Crippen LogP contribution < -0.4 is 0 Å². The Morgan fingerprint density at radius 1 is 0.397 bits per heavy atom. The molecule has 0 saturated heterocycles. The van der Waals surface area contributed by atoms with Gasteiger partial charge in [0.05, 0.1) is 22.8 Å². The standard InChI is InChI=1S/C50H44N8/c1-29-9-13-31(14-10-29)41-43(47-45(55-37(25-51)39(27-53)57-47)33-17-21-35(22-18-33)49(3,4)5)42(32-15-11-30(2)12-16-32)44(41)48-46(56-38(26-52)40(28-54)58-48)34-19-23-36(24-20-34)50(6,7)8/h9-24,41-44H,1-8H3. The Hall–Kier alpha value is -7.00. The fraction of sp³-hybridized carbons (Fsp3) is 0.280. The number of aromatic nitrogens is 4. The molecule has 0 atom stereocenters. The van der Waals surface area contributed by atoms with E-state index in [1.54, 1.807) is 0 Å². The lowest BCUT2D eigenvalue weighted by Crippen LogP contribution is -2.42. The highest BCUT2D eigenvalue weighted by Crippen LogP contribution is 2.67. The maximum absolute atomic E-state index is 10.4. The monoisotopic (exact) mass is 756 g/mol. The van der Waals surface area contributed by atoms with E-state index in [-0.39, 0.29) is 57.3 Å². The molecule has 0 aliphatic heterocycles. The number of nitriles is 4. The molecule has 6 aromatic rings. The van der Waals surface area contributed by atoms with Crippen molar-refractivity contribution in [1.82, 2.24) is 19.9 Å². The highest BCUT2D eigenvalue weighted by molar-refractivity contribution is 5.69. The topological polar surface area (TPSA) is 147 Å². The summed E-state index contributed by atoms with van der Waals surface area (Å²) in [6.45, 7) is 17.0. The van der Waals surface area contributed by atoms with Gasteiger partial charge in [0, 0.05) is 34.8 Å². The molecule has 7 rings (SSSR count). The van der Waals surface area contributed by atoms with Gasteiger partial charge in [0.2, 0.25) is 0 Å². The summed E-state index contributed by atoms with van der Waals surface area (Å²) in [6.07, 6.45) is 0. The van der Waals surface area contributed by atoms with Gasteiger partial charge in [0.15, 0.2) is 22.8 Å². The van der Waals surface area contributed by atoms with Gasteiger partial charge in [0.25, 0.3) is 0 Å². The third-order valence-corrected chi connectivity index (χ3v) is 11.4. The lowest BCUT2D eigenvalue weighted by molar-refractivity contribution is 0.220. The third kappa shape index (κ3) is 7.23. The first kappa shape index (κ1) is 39.2. The Morgan fingerprint density at radius 3 is 0.966 bits per heavy atom. The van der Waals surface area contributed by atoms with Crippen LogP contribution in [0.2, 0.25) is 0 Å². The summed E-state index contributed by atoms with van der Waals surface area (Å²) in [6, 6.07) is 41.7. The molecule has 0 amide bonds. The van der Waals surface area contributed by atoms with Crippen molar-refractivity contribution in [2.45, 2.75) is 89.9 Å². The zero-order valence-corrected chi connectivity index (χ0v) is 34.1. The molecule has 0 N–H and O–H groups in total. The van der Waals surface area contributed by atoms with Gasteiger partial charge in [0.1, 0.15) is 24.3 Å². The van der Waals surface area contributed by atoms with Crippen LogP contribution in [0.1, 0.15) is 133 Å². The van der Waals surface area contributed by atoms with E-state index in [9.17, 15) is 21.0 Å². The molecule has 1 fully saturated rings. The van der Waals surface area contributed by atoms with Crippen LogP contribution in [0.25, 0.3) is 22.5 Å². The molecular formula is C50H44N8. The second-order valence-corrected chi connectivity index (χ2v) is 17.3. The summed E-state index contributed by atoms with van der Waals surface area (Å²) in [5.41, 5.74) is 10.1. The molecule has 1 aliphatic rings. The van der Waals surface area contributed by atoms with Gasteiger partial charge in [-0.3, -0.25) is 0 Å². The first-order chi connectivity index (χ1) is 27.7. The molecule has 8 nitrogen and oxygen atoms in total. The third-order valence-electron chi connectivity index (χ3n) is 11.4. The molecule has 4 aromatic carbocycles. The molecule has 0 bridgehead atoms. The predicted octanol–water partition coefficient (Wildman–Crippen LogP) is 10.7. The first-order valence-electron chi connectivity index (χ1n) is 19.5. The summed E-state index contributed by atoms with van der Waals surface area (Å²) in [7, 11) is 0. The second-order valence-electron chi connectivity index (χ2n) is 17.3. The fourth-order valence-electron chi connectivity index (χ4n) is 8.19. The van der Waals surface area contributed by atoms with Gasteiger partial charge in [-0.05, 0) is 46.9 Å². The van der Waals surface area contributed by atoms with Crippen molar-refractivity contribution in [3.63, 3.8) is 0 Å². The van der Waals surface area contributed by atoms with E-state index >= 15 is 0 Å². The number of nitrogens with zero attached hydrogens (tertiary/aromatic N) is 8. The molecule has 1 saturated carbocycles. The van der Waals surface area contributed by atoms with Gasteiger partial charge < -0.3 is 0 Å². The van der Waals surface area contributed by atoms with Gasteiger partial charge in [-0.25, -0.2) is 19.9 Å². The van der Waals surface area contributed by atoms with Crippen molar-refractivity contribution >= 4 is 0 Å². The van der Waals surface area contributed by atoms with Gasteiger partial charge in [-0.1, -0.05) is 150 Å². The molecule has 2 heterocycles. The smallest absolute Gasteiger partial charge is 0.177 e. The van der Waals surface area contributed by atoms with Gasteiger partial charge >= 0.3 is 0 Å². The van der Waals surface area contributed by atoms with Crippen LogP contribution in [0.3, 0.4) is 0 Å². The van der Waals surface area contributed by atoms with Crippen molar-refractivity contribution in [3.8, 4) is 46.8 Å². The van der Waals surface area contributed by atoms with E-state index in [4.69, 9.17) is 19.9 Å². The average Bonchev–Trinajstić information content (AvgIpc) is 3.21. The number of hydrogen-bond donors (Lipinski definition) is 0. The summed E-state index contributed by atoms with van der Waals surface area (Å²) >= 11 is 0. The summed E-state index contributed by atoms with van der Waals surface area (Å²) in [4.78, 5) is 19.9. The minimum Gasteiger partial charge on any atom is -0.237 e. The lowest BCUT2D eigenvalue weighted by Gasteiger charge is -2.53. The number of rotatable bonds is 6. The first-order valence-corrected chi connectivity index (χ1v) is 19.5. The van der Waals surface area contributed by atoms with E-state index in [2.05, 4.69) is 139 Å².